The molecule has 5 rings (SSSR count). The van der Waals surface area contributed by atoms with Crippen LogP contribution in [0.1, 0.15) is 61.9 Å². The third-order valence-electron chi connectivity index (χ3n) is 7.09. The molecule has 2 atom stereocenters. The molecular weight excluding hydrogens is 565 g/mol. The first-order valence-electron chi connectivity index (χ1n) is 12.1. The first-order chi connectivity index (χ1) is 17.4. The topological polar surface area (TPSA) is 80.1 Å². The van der Waals surface area contributed by atoms with Gasteiger partial charge in [-0.05, 0) is 61.2 Å². The summed E-state index contributed by atoms with van der Waals surface area (Å²) in [5, 5.41) is 14.0. The van der Waals surface area contributed by atoms with Gasteiger partial charge >= 0.3 is 0 Å². The quantitative estimate of drug-likeness (QED) is 0.253. The van der Waals surface area contributed by atoms with Crippen molar-refractivity contribution < 1.29 is 9.59 Å². The number of hydrogen-bond acceptors (Lipinski definition) is 4. The lowest BCUT2D eigenvalue weighted by Crippen LogP contribution is -2.47. The predicted octanol–water partition coefficient (Wildman–Crippen LogP) is 6.12. The van der Waals surface area contributed by atoms with Gasteiger partial charge in [0, 0.05) is 27.6 Å². The van der Waals surface area contributed by atoms with E-state index in [1.165, 1.54) is 0 Å². The number of carbonyl (C=O) groups excluding carboxylic acids is 2. The zero-order valence-corrected chi connectivity index (χ0v) is 22.9. The number of amides is 2. The van der Waals surface area contributed by atoms with Crippen LogP contribution in [-0.2, 0) is 15.0 Å². The molecule has 0 saturated carbocycles. The summed E-state index contributed by atoms with van der Waals surface area (Å²) in [6, 6.07) is 12.7. The first kappa shape index (κ1) is 25.2. The van der Waals surface area contributed by atoms with Gasteiger partial charge in [0.1, 0.15) is 11.1 Å². The fourth-order valence-electron chi connectivity index (χ4n) is 5.23. The molecule has 2 amide bonds. The summed E-state index contributed by atoms with van der Waals surface area (Å²) in [5.41, 5.74) is 1.64. The van der Waals surface area contributed by atoms with E-state index in [1.807, 2.05) is 37.3 Å². The second kappa shape index (κ2) is 10.1. The van der Waals surface area contributed by atoms with Crippen LogP contribution in [0.5, 0.6) is 0 Å². The maximum atomic E-state index is 14.2. The number of carbonyl (C=O) groups is 2. The zero-order chi connectivity index (χ0) is 25.4. The standard InChI is InChI=1S/C26H26BrCl2N5O2/c1-16(17-6-8-18(28)9-7-17)34-24-23(31-32-34)26(15-22(35)30-24)20-14-19(29)10-11-21(20)33(25(26)36)13-5-3-2-4-12-27/h6-11,14,16H,2-5,12-13,15H2,1H3,(H,30,35)/t16-,26+/m0/s1. The summed E-state index contributed by atoms with van der Waals surface area (Å²) in [7, 11) is 0. The number of aromatic nitrogens is 3. The van der Waals surface area contributed by atoms with Crippen LogP contribution in [0.25, 0.3) is 0 Å². The molecule has 36 heavy (non-hydrogen) atoms. The van der Waals surface area contributed by atoms with Gasteiger partial charge in [0.2, 0.25) is 11.8 Å². The summed E-state index contributed by atoms with van der Waals surface area (Å²) in [6.07, 6.45) is 4.04. The number of hydrogen-bond donors (Lipinski definition) is 1. The monoisotopic (exact) mass is 589 g/mol. The zero-order valence-electron chi connectivity index (χ0n) is 19.8. The Morgan fingerprint density at radius 3 is 2.53 bits per heavy atom. The normalized spacial score (nSPS) is 19.4. The fourth-order valence-corrected chi connectivity index (χ4v) is 5.93. The van der Waals surface area contributed by atoms with Gasteiger partial charge in [-0.3, -0.25) is 9.59 Å². The molecule has 3 heterocycles. The number of anilines is 2. The van der Waals surface area contributed by atoms with Gasteiger partial charge in [-0.15, -0.1) is 5.10 Å². The maximum Gasteiger partial charge on any atom is 0.244 e. The van der Waals surface area contributed by atoms with Crippen molar-refractivity contribution in [2.24, 2.45) is 0 Å². The van der Waals surface area contributed by atoms with E-state index in [1.54, 1.807) is 21.7 Å². The van der Waals surface area contributed by atoms with E-state index in [-0.39, 0.29) is 24.3 Å². The number of rotatable bonds is 8. The number of fused-ring (bicyclic) bond motifs is 4. The predicted molar refractivity (Wildman–Crippen MR) is 145 cm³/mol. The lowest BCUT2D eigenvalue weighted by Gasteiger charge is -2.31. The van der Waals surface area contributed by atoms with E-state index in [0.717, 1.165) is 42.3 Å². The van der Waals surface area contributed by atoms with E-state index in [2.05, 4.69) is 31.6 Å². The summed E-state index contributed by atoms with van der Waals surface area (Å²) in [5.74, 6) is 0.0301. The maximum absolute atomic E-state index is 14.2. The third kappa shape index (κ3) is 4.23. The first-order valence-corrected chi connectivity index (χ1v) is 13.9. The van der Waals surface area contributed by atoms with E-state index in [0.29, 0.717) is 33.7 Å². The van der Waals surface area contributed by atoms with Crippen LogP contribution in [0.2, 0.25) is 10.0 Å². The van der Waals surface area contributed by atoms with Crippen molar-refractivity contribution in [3.05, 3.63) is 69.3 Å². The van der Waals surface area contributed by atoms with Crippen LogP contribution in [-0.4, -0.2) is 38.7 Å². The minimum absolute atomic E-state index is 0.0414. The van der Waals surface area contributed by atoms with Gasteiger partial charge in [-0.1, -0.05) is 69.3 Å². The van der Waals surface area contributed by atoms with Crippen molar-refractivity contribution in [1.29, 1.82) is 0 Å². The molecule has 188 valence electrons. The molecule has 7 nitrogen and oxygen atoms in total. The van der Waals surface area contributed by atoms with Crippen molar-refractivity contribution >= 4 is 62.5 Å². The molecule has 2 aromatic carbocycles. The smallest absolute Gasteiger partial charge is 0.244 e. The number of unbranched alkanes of at least 4 members (excludes halogenated alkanes) is 3. The molecule has 0 saturated heterocycles. The average molecular weight is 591 g/mol. The van der Waals surface area contributed by atoms with Gasteiger partial charge < -0.3 is 10.2 Å². The number of benzene rings is 2. The van der Waals surface area contributed by atoms with E-state index >= 15 is 0 Å². The number of halogens is 3. The minimum atomic E-state index is -1.26. The molecule has 2 aliphatic rings. The number of alkyl halides is 1. The Bertz CT molecular complexity index is 1310. The average Bonchev–Trinajstić information content (AvgIpc) is 3.38. The van der Waals surface area contributed by atoms with E-state index in [4.69, 9.17) is 23.2 Å². The highest BCUT2D eigenvalue weighted by Crippen LogP contribution is 2.52. The Morgan fingerprint density at radius 1 is 1.06 bits per heavy atom. The third-order valence-corrected chi connectivity index (χ3v) is 8.13. The van der Waals surface area contributed by atoms with Gasteiger partial charge in [-0.25, -0.2) is 4.68 Å². The molecule has 3 aromatic rings. The summed E-state index contributed by atoms with van der Waals surface area (Å²) < 4.78 is 1.66. The van der Waals surface area contributed by atoms with Crippen molar-refractivity contribution in [3.8, 4) is 0 Å². The second-order valence-electron chi connectivity index (χ2n) is 9.31. The van der Waals surface area contributed by atoms with E-state index < -0.39 is 5.41 Å². The summed E-state index contributed by atoms with van der Waals surface area (Å²) in [6.45, 7) is 2.54. The summed E-state index contributed by atoms with van der Waals surface area (Å²) in [4.78, 5) is 29.1. The molecule has 1 N–H and O–H groups in total. The Labute approximate surface area is 228 Å². The molecule has 0 fully saturated rings. The largest absolute Gasteiger partial charge is 0.311 e. The lowest BCUT2D eigenvalue weighted by atomic mass is 9.73. The SMILES string of the molecule is C[C@@H](c1ccc(Cl)cc1)n1nnc2c1NC(=O)C[C@]21C(=O)N(CCCCCCBr)c2ccc(Cl)cc21. The Hall–Kier alpha value is -2.42. The molecule has 0 aliphatic carbocycles. The molecule has 0 radical (unpaired) electrons. The highest BCUT2D eigenvalue weighted by atomic mass is 79.9. The highest BCUT2D eigenvalue weighted by molar-refractivity contribution is 9.09. The summed E-state index contributed by atoms with van der Waals surface area (Å²) >= 11 is 15.9. The fraction of sp³-hybridized carbons (Fsp3) is 0.385. The van der Waals surface area contributed by atoms with Crippen molar-refractivity contribution in [3.63, 3.8) is 0 Å². The van der Waals surface area contributed by atoms with Crippen LogP contribution in [0.4, 0.5) is 11.5 Å². The van der Waals surface area contributed by atoms with Crippen LogP contribution >= 0.6 is 39.1 Å². The number of nitrogens with one attached hydrogen (secondary N) is 1. The van der Waals surface area contributed by atoms with Crippen LogP contribution < -0.4 is 10.2 Å². The van der Waals surface area contributed by atoms with Gasteiger partial charge in [-0.2, -0.15) is 0 Å². The highest BCUT2D eigenvalue weighted by Gasteiger charge is 2.58. The Morgan fingerprint density at radius 2 is 1.78 bits per heavy atom. The molecule has 1 aromatic heterocycles. The Balaban J connectivity index is 1.57. The molecule has 0 unspecified atom stereocenters. The van der Waals surface area contributed by atoms with E-state index in [9.17, 15) is 9.59 Å². The van der Waals surface area contributed by atoms with Crippen molar-refractivity contribution in [2.75, 3.05) is 22.1 Å². The molecule has 2 aliphatic heterocycles. The van der Waals surface area contributed by atoms with Gasteiger partial charge in [0.05, 0.1) is 12.5 Å². The molecule has 0 bridgehead atoms. The molecule has 10 heteroatoms. The van der Waals surface area contributed by atoms with Crippen molar-refractivity contribution in [1.82, 2.24) is 15.0 Å². The molecular formula is C26H26BrCl2N5O2. The lowest BCUT2D eigenvalue weighted by molar-refractivity contribution is -0.126. The Kier molecular flexibility index (Phi) is 7.12. The van der Waals surface area contributed by atoms with Gasteiger partial charge in [0.15, 0.2) is 5.82 Å². The van der Waals surface area contributed by atoms with Crippen LogP contribution in [0.3, 0.4) is 0 Å². The van der Waals surface area contributed by atoms with Crippen LogP contribution in [0.15, 0.2) is 42.5 Å². The second-order valence-corrected chi connectivity index (χ2v) is 11.0. The minimum Gasteiger partial charge on any atom is -0.311 e. The van der Waals surface area contributed by atoms with Crippen molar-refractivity contribution in [2.45, 2.75) is 50.5 Å². The van der Waals surface area contributed by atoms with Crippen LogP contribution in [0, 0.1) is 0 Å². The molecule has 1 spiro atoms. The van der Waals surface area contributed by atoms with Gasteiger partial charge in [0.25, 0.3) is 0 Å². The number of nitrogens with zero attached hydrogens (tertiary/aromatic N) is 4.